The molecule has 0 saturated heterocycles. The molecule has 0 aliphatic heterocycles. The Bertz CT molecular complexity index is 1580. The van der Waals surface area contributed by atoms with Crippen LogP contribution in [0, 0.1) is 21.4 Å². The first-order valence-electron chi connectivity index (χ1n) is 15.4. The van der Waals surface area contributed by atoms with Crippen molar-refractivity contribution in [3.8, 4) is 0 Å². The Morgan fingerprint density at radius 1 is 0.979 bits per heavy atom. The molecule has 3 atom stereocenters. The lowest BCUT2D eigenvalue weighted by Crippen LogP contribution is -2.61. The fraction of sp³-hybridized carbons (Fsp3) is 0.500. The van der Waals surface area contributed by atoms with E-state index in [1.54, 1.807) is 14.1 Å². The summed E-state index contributed by atoms with van der Waals surface area (Å²) in [6, 6.07) is 12.6. The molecule has 47 heavy (non-hydrogen) atoms. The molecule has 0 heterocycles. The van der Waals surface area contributed by atoms with Crippen molar-refractivity contribution < 1.29 is 27.7 Å². The zero-order valence-electron chi connectivity index (χ0n) is 29.0. The second-order valence-electron chi connectivity index (χ2n) is 13.8. The van der Waals surface area contributed by atoms with Crippen LogP contribution >= 0.6 is 0 Å². The highest BCUT2D eigenvalue weighted by Crippen LogP contribution is 2.29. The molecule has 2 aromatic carbocycles. The van der Waals surface area contributed by atoms with Crippen LogP contribution in [-0.2, 0) is 35.6 Å². The maximum atomic E-state index is 14.1. The smallest absolute Gasteiger partial charge is 0.269 e. The number of benzene rings is 2. The topological polar surface area (TPSA) is 168 Å². The van der Waals surface area contributed by atoms with Gasteiger partial charge < -0.3 is 15.5 Å². The fourth-order valence-corrected chi connectivity index (χ4v) is 6.53. The number of sulfonamides is 1. The van der Waals surface area contributed by atoms with Gasteiger partial charge in [0.05, 0.1) is 22.8 Å². The maximum Gasteiger partial charge on any atom is 0.269 e. The molecular formula is C34H49N5O7S. The molecule has 3 N–H and O–H groups in total. The molecule has 0 fully saturated rings. The number of amides is 3. The number of nitro groups is 1. The number of hydrogen-bond donors (Lipinski definition) is 3. The second-order valence-corrected chi connectivity index (χ2v) is 15.5. The Balaban J connectivity index is 2.29. The number of nitrogens with zero attached hydrogens (tertiary/aromatic N) is 2. The zero-order chi connectivity index (χ0) is 35.9. The van der Waals surface area contributed by atoms with Crippen molar-refractivity contribution in [2.75, 3.05) is 14.1 Å². The van der Waals surface area contributed by atoms with Crippen LogP contribution in [0.2, 0.25) is 0 Å². The van der Waals surface area contributed by atoms with Crippen LogP contribution in [0.5, 0.6) is 0 Å². The highest BCUT2D eigenvalue weighted by atomic mass is 32.2. The molecule has 0 saturated carbocycles. The number of nitro benzene ring substituents is 1. The van der Waals surface area contributed by atoms with Crippen molar-refractivity contribution in [3.63, 3.8) is 0 Å². The third kappa shape index (κ3) is 10.4. The van der Waals surface area contributed by atoms with Crippen molar-refractivity contribution in [1.29, 1.82) is 0 Å². The lowest BCUT2D eigenvalue weighted by Gasteiger charge is -2.40. The highest BCUT2D eigenvalue weighted by molar-refractivity contribution is 7.89. The summed E-state index contributed by atoms with van der Waals surface area (Å²) in [6.07, 6.45) is 1.53. The highest BCUT2D eigenvalue weighted by Gasteiger charge is 2.41. The van der Waals surface area contributed by atoms with E-state index >= 15 is 0 Å². The minimum absolute atomic E-state index is 0.0576. The number of nitrogens with one attached hydrogen (secondary N) is 3. The van der Waals surface area contributed by atoms with Gasteiger partial charge in [0.1, 0.15) is 6.04 Å². The molecule has 0 unspecified atom stereocenters. The molecule has 2 aromatic rings. The fourth-order valence-electron chi connectivity index (χ4n) is 5.40. The zero-order valence-corrected chi connectivity index (χ0v) is 29.8. The van der Waals surface area contributed by atoms with Gasteiger partial charge in [0.25, 0.3) is 11.6 Å². The van der Waals surface area contributed by atoms with Crippen LogP contribution in [-0.4, -0.2) is 68.2 Å². The van der Waals surface area contributed by atoms with Crippen molar-refractivity contribution >= 4 is 33.4 Å². The lowest BCUT2D eigenvalue weighted by molar-refractivity contribution is -0.384. The van der Waals surface area contributed by atoms with Gasteiger partial charge in [0.2, 0.25) is 21.8 Å². The quantitative estimate of drug-likeness (QED) is 0.154. The van der Waals surface area contributed by atoms with Gasteiger partial charge in [-0.15, -0.1) is 0 Å². The molecule has 0 aromatic heterocycles. The van der Waals surface area contributed by atoms with Crippen molar-refractivity contribution in [2.45, 2.75) is 84.7 Å². The predicted octanol–water partition coefficient (Wildman–Crippen LogP) is 4.07. The third-order valence-corrected chi connectivity index (χ3v) is 9.38. The Morgan fingerprint density at radius 2 is 1.57 bits per heavy atom. The number of rotatable bonds is 14. The molecule has 0 spiro atoms. The maximum absolute atomic E-state index is 14.1. The summed E-state index contributed by atoms with van der Waals surface area (Å²) in [7, 11) is -0.914. The van der Waals surface area contributed by atoms with Crippen LogP contribution in [0.1, 0.15) is 66.5 Å². The van der Waals surface area contributed by atoms with Crippen LogP contribution in [0.25, 0.3) is 0 Å². The van der Waals surface area contributed by atoms with Crippen molar-refractivity contribution in [1.82, 2.24) is 20.3 Å². The monoisotopic (exact) mass is 671 g/mol. The average molecular weight is 672 g/mol. The van der Waals surface area contributed by atoms with E-state index in [-0.39, 0.29) is 34.6 Å². The summed E-state index contributed by atoms with van der Waals surface area (Å²) < 4.78 is 27.5. The number of likely N-dealkylation sites (N-methyl/N-ethyl adjacent to an activating group) is 2. The molecule has 2 rings (SSSR count). The molecule has 3 amide bonds. The van der Waals surface area contributed by atoms with Gasteiger partial charge in [-0.25, -0.2) is 13.1 Å². The Morgan fingerprint density at radius 3 is 2.09 bits per heavy atom. The van der Waals surface area contributed by atoms with Crippen LogP contribution < -0.4 is 15.4 Å². The van der Waals surface area contributed by atoms with E-state index in [9.17, 15) is 32.9 Å². The van der Waals surface area contributed by atoms with E-state index in [0.29, 0.717) is 0 Å². The van der Waals surface area contributed by atoms with Gasteiger partial charge in [-0.05, 0) is 36.4 Å². The van der Waals surface area contributed by atoms with Gasteiger partial charge in [0, 0.05) is 30.2 Å². The molecule has 0 aliphatic rings. The molecule has 0 radical (unpaired) electrons. The summed E-state index contributed by atoms with van der Waals surface area (Å²) in [5.41, 5.74) is -0.402. The van der Waals surface area contributed by atoms with E-state index in [4.69, 9.17) is 0 Å². The molecule has 13 heteroatoms. The minimum atomic E-state index is -4.20. The summed E-state index contributed by atoms with van der Waals surface area (Å²) in [4.78, 5) is 52.7. The Hall–Kier alpha value is -4.10. The van der Waals surface area contributed by atoms with Gasteiger partial charge in [-0.3, -0.25) is 24.5 Å². The SMILES string of the molecule is CN[C@H](C(=O)N[C@H](C(=O)N(C)[C@H](C=C(C)C(=O)NS(=O)(=O)Cc1cccc([N+](=O)[O-])c1)C(C)C)C(C)(C)C)C(C)(C)c1ccccc1. The largest absolute Gasteiger partial charge is 0.342 e. The average Bonchev–Trinajstić information content (AvgIpc) is 2.97. The van der Waals surface area contributed by atoms with Gasteiger partial charge in [-0.1, -0.05) is 97.0 Å². The lowest BCUT2D eigenvalue weighted by atomic mass is 9.76. The second kappa shape index (κ2) is 15.7. The van der Waals surface area contributed by atoms with Gasteiger partial charge in [0.15, 0.2) is 0 Å². The molecule has 0 bridgehead atoms. The van der Waals surface area contributed by atoms with Crippen molar-refractivity contribution in [3.05, 3.63) is 87.5 Å². The third-order valence-electron chi connectivity index (χ3n) is 8.17. The number of carbonyl (C=O) groups is 3. The van der Waals surface area contributed by atoms with Crippen LogP contribution in [0.4, 0.5) is 5.69 Å². The van der Waals surface area contributed by atoms with E-state index in [1.807, 2.05) is 83.5 Å². The van der Waals surface area contributed by atoms with Gasteiger partial charge >= 0.3 is 0 Å². The van der Waals surface area contributed by atoms with E-state index in [1.165, 1.54) is 36.1 Å². The number of non-ortho nitro benzene ring substituents is 1. The normalized spacial score (nSPS) is 14.6. The van der Waals surface area contributed by atoms with Crippen LogP contribution in [0.15, 0.2) is 66.2 Å². The van der Waals surface area contributed by atoms with Crippen LogP contribution in [0.3, 0.4) is 0 Å². The summed E-state index contributed by atoms with van der Waals surface area (Å²) in [6.45, 7) is 14.6. The molecule has 0 aliphatic carbocycles. The Kier molecular flexibility index (Phi) is 13.0. The molecule has 258 valence electrons. The standard InChI is InChI=1S/C34H49N5O7S/c1-22(2)27(19-23(3)30(40)37-47(45,46)21-24-15-14-18-26(20-24)39(43)44)38(10)32(42)29(33(4,5)6)36-31(41)28(35-9)34(7,8)25-16-12-11-13-17-25/h11-20,22,27-29,35H,21H2,1-10H3,(H,36,41)(H,37,40)/t27-,28-,29-/m1/s1. The van der Waals surface area contributed by atoms with E-state index in [0.717, 1.165) is 11.6 Å². The molecular weight excluding hydrogens is 622 g/mol. The van der Waals surface area contributed by atoms with E-state index in [2.05, 4.69) is 10.6 Å². The minimum Gasteiger partial charge on any atom is -0.342 e. The van der Waals surface area contributed by atoms with E-state index < -0.39 is 55.6 Å². The summed E-state index contributed by atoms with van der Waals surface area (Å²) in [5, 5.41) is 17.2. The summed E-state index contributed by atoms with van der Waals surface area (Å²) in [5.74, 6) is -2.43. The predicted molar refractivity (Wildman–Crippen MR) is 183 cm³/mol. The number of carbonyl (C=O) groups excluding carboxylic acids is 3. The van der Waals surface area contributed by atoms with Crippen molar-refractivity contribution in [2.24, 2.45) is 11.3 Å². The first kappa shape index (κ1) is 39.1. The number of hydrogen-bond acceptors (Lipinski definition) is 8. The first-order valence-corrected chi connectivity index (χ1v) is 17.0. The molecule has 12 nitrogen and oxygen atoms in total. The van der Waals surface area contributed by atoms with Gasteiger partial charge in [-0.2, -0.15) is 0 Å². The first-order chi connectivity index (χ1) is 21.6. The Labute approximate surface area is 278 Å². The summed E-state index contributed by atoms with van der Waals surface area (Å²) >= 11 is 0.